The second-order valence-corrected chi connectivity index (χ2v) is 8.10. The Morgan fingerprint density at radius 3 is 2.64 bits per heavy atom. The van der Waals surface area contributed by atoms with Crippen LogP contribution in [0, 0.1) is 0 Å². The third kappa shape index (κ3) is 5.98. The van der Waals surface area contributed by atoms with E-state index in [4.69, 9.17) is 4.84 Å². The summed E-state index contributed by atoms with van der Waals surface area (Å²) in [6.07, 6.45) is -0.859. The minimum absolute atomic E-state index is 0.252. The summed E-state index contributed by atoms with van der Waals surface area (Å²) < 4.78 is 60.2. The summed E-state index contributed by atoms with van der Waals surface area (Å²) in [7, 11) is -3.94. The van der Waals surface area contributed by atoms with E-state index in [0.717, 1.165) is 16.9 Å². The highest BCUT2D eigenvalue weighted by Gasteiger charge is 2.20. The lowest BCUT2D eigenvalue weighted by atomic mass is 10.2. The molecule has 5 nitrogen and oxygen atoms in total. The molecular weight excluding hydrogens is 377 g/mol. The fourth-order valence-electron chi connectivity index (χ4n) is 1.65. The maximum absolute atomic E-state index is 12.7. The fraction of sp³-hybridized carbons (Fsp3) is 0.200. The van der Waals surface area contributed by atoms with Gasteiger partial charge in [0.2, 0.25) is 14.2 Å². The third-order valence-electron chi connectivity index (χ3n) is 2.89. The lowest BCUT2D eigenvalue weighted by molar-refractivity contribution is 0.132. The molecule has 10 heteroatoms. The fourth-order valence-corrected chi connectivity index (χ4v) is 4.04. The molecule has 0 aliphatic rings. The molecular formula is C15H13F3N2O3S2. The van der Waals surface area contributed by atoms with E-state index in [1.807, 2.05) is 30.3 Å². The van der Waals surface area contributed by atoms with Crippen molar-refractivity contribution in [2.24, 2.45) is 5.16 Å². The summed E-state index contributed by atoms with van der Waals surface area (Å²) in [5.41, 5.74) is 0.919. The van der Waals surface area contributed by atoms with Crippen molar-refractivity contribution in [2.45, 2.75) is 17.4 Å². The van der Waals surface area contributed by atoms with E-state index in [1.165, 1.54) is 12.4 Å². The van der Waals surface area contributed by atoms with Gasteiger partial charge in [-0.1, -0.05) is 35.5 Å². The molecule has 0 spiro atoms. The molecule has 0 aliphatic carbocycles. The van der Waals surface area contributed by atoms with E-state index in [9.17, 15) is 21.6 Å². The molecule has 0 aliphatic heterocycles. The largest absolute Gasteiger partial charge is 0.391 e. The minimum atomic E-state index is -3.94. The van der Waals surface area contributed by atoms with Gasteiger partial charge in [-0.05, 0) is 5.56 Å². The Morgan fingerprint density at radius 2 is 1.96 bits per heavy atom. The van der Waals surface area contributed by atoms with Gasteiger partial charge in [0.1, 0.15) is 6.61 Å². The molecule has 1 aromatic heterocycles. The topological polar surface area (TPSA) is 68.6 Å². The average molecular weight is 390 g/mol. The van der Waals surface area contributed by atoms with Crippen LogP contribution in [0.3, 0.4) is 0 Å². The Balaban J connectivity index is 1.92. The number of sulfone groups is 1. The average Bonchev–Trinajstić information content (AvgIpc) is 3.07. The molecule has 0 radical (unpaired) electrons. The summed E-state index contributed by atoms with van der Waals surface area (Å²) in [6.45, 7) is 0.252. The Morgan fingerprint density at radius 1 is 1.24 bits per heavy atom. The summed E-state index contributed by atoms with van der Waals surface area (Å²) >= 11 is 0.792. The lowest BCUT2D eigenvalue weighted by Gasteiger charge is -1.98. The van der Waals surface area contributed by atoms with Gasteiger partial charge in [-0.3, -0.25) is 0 Å². The van der Waals surface area contributed by atoms with Crippen molar-refractivity contribution in [1.82, 2.24) is 4.98 Å². The number of hydrogen-bond donors (Lipinski definition) is 0. The van der Waals surface area contributed by atoms with Gasteiger partial charge in [0, 0.05) is 12.6 Å². The zero-order valence-corrected chi connectivity index (χ0v) is 14.4. The van der Waals surface area contributed by atoms with E-state index >= 15 is 0 Å². The highest BCUT2D eigenvalue weighted by Crippen LogP contribution is 2.21. The Bertz CT molecular complexity index is 861. The lowest BCUT2D eigenvalue weighted by Crippen LogP contribution is -2.06. The quantitative estimate of drug-likeness (QED) is 0.506. The predicted molar refractivity (Wildman–Crippen MR) is 88.0 cm³/mol. The van der Waals surface area contributed by atoms with Crippen molar-refractivity contribution in [3.63, 3.8) is 0 Å². The first-order valence-electron chi connectivity index (χ1n) is 6.96. The van der Waals surface area contributed by atoms with E-state index in [-0.39, 0.29) is 10.9 Å². The minimum Gasteiger partial charge on any atom is -0.391 e. The van der Waals surface area contributed by atoms with E-state index in [1.54, 1.807) is 0 Å². The van der Waals surface area contributed by atoms with Crippen LogP contribution in [0.15, 0.2) is 57.9 Å². The van der Waals surface area contributed by atoms with E-state index < -0.39 is 33.9 Å². The van der Waals surface area contributed by atoms with Gasteiger partial charge in [-0.2, -0.15) is 8.78 Å². The van der Waals surface area contributed by atoms with E-state index in [2.05, 4.69) is 10.1 Å². The van der Waals surface area contributed by atoms with E-state index in [0.29, 0.717) is 4.88 Å². The van der Waals surface area contributed by atoms with Crippen LogP contribution >= 0.6 is 11.3 Å². The first-order valence-corrected chi connectivity index (χ1v) is 9.43. The standard InChI is InChI=1S/C15H13F3N2O3S2/c16-13(14(17)18)6-7-25(21,22)15-19-8-12(24-15)9-20-23-10-11-4-2-1-3-5-11/h1-5,8-9H,6-7,10H2. The van der Waals surface area contributed by atoms with Crippen LogP contribution in [-0.2, 0) is 21.3 Å². The maximum Gasteiger partial charge on any atom is 0.301 e. The number of oxime groups is 1. The first-order chi connectivity index (χ1) is 11.9. The van der Waals surface area contributed by atoms with Gasteiger partial charge in [0.05, 0.1) is 16.8 Å². The Labute approximate surface area is 146 Å². The molecule has 0 amide bonds. The van der Waals surface area contributed by atoms with Crippen molar-refractivity contribution >= 4 is 27.4 Å². The van der Waals surface area contributed by atoms with Crippen molar-refractivity contribution < 1.29 is 26.4 Å². The summed E-state index contributed by atoms with van der Waals surface area (Å²) in [6, 6.07) is 9.31. The van der Waals surface area contributed by atoms with Crippen molar-refractivity contribution in [1.29, 1.82) is 0 Å². The third-order valence-corrected chi connectivity index (χ3v) is 6.01. The molecule has 1 aromatic carbocycles. The molecule has 2 rings (SSSR count). The number of nitrogens with zero attached hydrogens (tertiary/aromatic N) is 2. The van der Waals surface area contributed by atoms with Crippen molar-refractivity contribution in [3.05, 3.63) is 58.9 Å². The molecule has 25 heavy (non-hydrogen) atoms. The second kappa shape index (κ2) is 8.77. The first kappa shape index (κ1) is 19.1. The summed E-state index contributed by atoms with van der Waals surface area (Å²) in [4.78, 5) is 9.19. The van der Waals surface area contributed by atoms with Crippen LogP contribution in [0.2, 0.25) is 0 Å². The smallest absolute Gasteiger partial charge is 0.301 e. The van der Waals surface area contributed by atoms with Gasteiger partial charge in [0.15, 0.2) is 5.83 Å². The SMILES string of the molecule is O=S(=O)(CCC(F)=C(F)F)c1ncc(C=NOCc2ccccc2)s1. The summed E-state index contributed by atoms with van der Waals surface area (Å²) in [5, 5.41) is 3.71. The zero-order valence-electron chi connectivity index (χ0n) is 12.7. The molecule has 0 fully saturated rings. The van der Waals surface area contributed by atoms with Gasteiger partial charge in [0.25, 0.3) is 0 Å². The van der Waals surface area contributed by atoms with Crippen LogP contribution in [0.4, 0.5) is 13.2 Å². The highest BCUT2D eigenvalue weighted by atomic mass is 32.2. The number of halogens is 3. The number of benzene rings is 1. The molecule has 2 aromatic rings. The van der Waals surface area contributed by atoms with Crippen LogP contribution in [0.5, 0.6) is 0 Å². The predicted octanol–water partition coefficient (Wildman–Crippen LogP) is 3.94. The number of hydrogen-bond acceptors (Lipinski definition) is 6. The zero-order chi connectivity index (χ0) is 18.3. The Hall–Kier alpha value is -2.20. The van der Waals surface area contributed by atoms with Gasteiger partial charge in [-0.25, -0.2) is 17.8 Å². The van der Waals surface area contributed by atoms with Crippen molar-refractivity contribution in [2.75, 3.05) is 5.75 Å². The monoisotopic (exact) mass is 390 g/mol. The van der Waals surface area contributed by atoms with Crippen LogP contribution in [0.1, 0.15) is 16.9 Å². The van der Waals surface area contributed by atoms with Gasteiger partial charge >= 0.3 is 6.08 Å². The second-order valence-electron chi connectivity index (χ2n) is 4.76. The molecule has 134 valence electrons. The molecule has 0 saturated heterocycles. The molecule has 1 heterocycles. The van der Waals surface area contributed by atoms with Gasteiger partial charge < -0.3 is 4.84 Å². The molecule has 0 N–H and O–H groups in total. The molecule has 0 atom stereocenters. The summed E-state index contributed by atoms with van der Waals surface area (Å²) in [5.74, 6) is -2.53. The van der Waals surface area contributed by atoms with Crippen LogP contribution in [0.25, 0.3) is 0 Å². The number of thiazole rings is 1. The molecule has 0 bridgehead atoms. The Kier molecular flexibility index (Phi) is 6.71. The maximum atomic E-state index is 12.7. The van der Waals surface area contributed by atoms with Gasteiger partial charge in [-0.15, -0.1) is 11.3 Å². The number of allylic oxidation sites excluding steroid dienone is 1. The number of aromatic nitrogens is 1. The normalized spacial score (nSPS) is 11.6. The van der Waals surface area contributed by atoms with Crippen molar-refractivity contribution in [3.8, 4) is 0 Å². The highest BCUT2D eigenvalue weighted by molar-refractivity contribution is 7.93. The molecule has 0 saturated carbocycles. The van der Waals surface area contributed by atoms with Crippen LogP contribution in [-0.4, -0.2) is 25.4 Å². The number of rotatable bonds is 8. The van der Waals surface area contributed by atoms with Crippen LogP contribution < -0.4 is 0 Å². The molecule has 0 unspecified atom stereocenters.